The van der Waals surface area contributed by atoms with Gasteiger partial charge in [0, 0.05) is 11.1 Å². The summed E-state index contributed by atoms with van der Waals surface area (Å²) in [6.07, 6.45) is 0.729. The molecule has 0 N–H and O–H groups in total. The Hall–Kier alpha value is -1.06. The van der Waals surface area contributed by atoms with Crippen LogP contribution in [0, 0.1) is 0 Å². The second-order valence-corrected chi connectivity index (χ2v) is 5.01. The van der Waals surface area contributed by atoms with E-state index in [2.05, 4.69) is 6.92 Å². The van der Waals surface area contributed by atoms with Gasteiger partial charge in [-0.2, -0.15) is 0 Å². The Balaban J connectivity index is 2.81. The first-order chi connectivity index (χ1) is 9.01. The van der Waals surface area contributed by atoms with Crippen LogP contribution in [-0.2, 0) is 9.53 Å². The summed E-state index contributed by atoms with van der Waals surface area (Å²) in [6.45, 7) is 6.31. The molecule has 0 radical (unpaired) electrons. The lowest BCUT2D eigenvalue weighted by Gasteiger charge is -2.31. The van der Waals surface area contributed by atoms with Gasteiger partial charge in [0.25, 0.3) is 0 Å². The van der Waals surface area contributed by atoms with E-state index in [1.807, 2.05) is 50.1 Å². The maximum atomic E-state index is 11.9. The van der Waals surface area contributed by atoms with Gasteiger partial charge in [-0.15, -0.1) is 0 Å². The van der Waals surface area contributed by atoms with Gasteiger partial charge in [-0.05, 0) is 45.0 Å². The minimum atomic E-state index is -0.217. The molecule has 0 heterocycles. The quantitative estimate of drug-likeness (QED) is 0.746. The van der Waals surface area contributed by atoms with Crippen molar-refractivity contribution in [3.63, 3.8) is 0 Å². The summed E-state index contributed by atoms with van der Waals surface area (Å²) in [5.74, 6) is -0.159. The molecule has 0 amide bonds. The minimum Gasteiger partial charge on any atom is -0.465 e. The maximum absolute atomic E-state index is 11.9. The first-order valence-corrected chi connectivity index (χ1v) is 7.03. The normalized spacial score (nSPS) is 14.2. The van der Waals surface area contributed by atoms with E-state index in [9.17, 15) is 4.79 Å². The van der Waals surface area contributed by atoms with Gasteiger partial charge >= 0.3 is 5.97 Å². The lowest BCUT2D eigenvalue weighted by molar-refractivity contribution is -0.150. The molecule has 0 aliphatic rings. The van der Waals surface area contributed by atoms with Crippen LogP contribution in [0.15, 0.2) is 24.3 Å². The zero-order valence-electron chi connectivity index (χ0n) is 12.0. The molecule has 19 heavy (non-hydrogen) atoms. The highest BCUT2D eigenvalue weighted by Crippen LogP contribution is 2.23. The Kier molecular flexibility index (Phi) is 6.32. The van der Waals surface area contributed by atoms with Gasteiger partial charge in [0.15, 0.2) is 0 Å². The third-order valence-corrected chi connectivity index (χ3v) is 3.65. The van der Waals surface area contributed by atoms with E-state index in [0.29, 0.717) is 6.61 Å². The molecule has 1 aromatic rings. The minimum absolute atomic E-state index is 0.131. The summed E-state index contributed by atoms with van der Waals surface area (Å²) < 4.78 is 5.12. The summed E-state index contributed by atoms with van der Waals surface area (Å²) >= 11 is 5.89. The second-order valence-electron chi connectivity index (χ2n) is 4.57. The highest BCUT2D eigenvalue weighted by atomic mass is 35.5. The summed E-state index contributed by atoms with van der Waals surface area (Å²) in [6, 6.07) is 7.62. The zero-order chi connectivity index (χ0) is 14.4. The van der Waals surface area contributed by atoms with Crippen molar-refractivity contribution in [2.45, 2.75) is 39.3 Å². The Morgan fingerprint density at radius 1 is 1.32 bits per heavy atom. The van der Waals surface area contributed by atoms with E-state index < -0.39 is 0 Å². The van der Waals surface area contributed by atoms with Crippen molar-refractivity contribution in [1.29, 1.82) is 0 Å². The molecule has 2 atom stereocenters. The van der Waals surface area contributed by atoms with E-state index in [1.54, 1.807) is 0 Å². The smallest absolute Gasteiger partial charge is 0.323 e. The lowest BCUT2D eigenvalue weighted by atomic mass is 10.0. The lowest BCUT2D eigenvalue weighted by Crippen LogP contribution is -2.40. The second kappa shape index (κ2) is 7.51. The number of carbonyl (C=O) groups excluding carboxylic acids is 1. The Morgan fingerprint density at radius 2 is 1.89 bits per heavy atom. The molecule has 0 bridgehead atoms. The molecule has 4 heteroatoms. The first kappa shape index (κ1) is 16.0. The average molecular weight is 284 g/mol. The molecule has 0 saturated heterocycles. The molecule has 0 spiro atoms. The number of halogens is 1. The molecule has 3 nitrogen and oxygen atoms in total. The molecule has 0 saturated carbocycles. The Labute approximate surface area is 120 Å². The number of nitrogens with zero attached hydrogens (tertiary/aromatic N) is 1. The topological polar surface area (TPSA) is 29.5 Å². The van der Waals surface area contributed by atoms with Crippen molar-refractivity contribution in [2.75, 3.05) is 13.7 Å². The Morgan fingerprint density at radius 3 is 2.37 bits per heavy atom. The molecule has 0 aliphatic heterocycles. The van der Waals surface area contributed by atoms with Gasteiger partial charge in [-0.3, -0.25) is 9.69 Å². The van der Waals surface area contributed by atoms with Crippen molar-refractivity contribution in [2.24, 2.45) is 0 Å². The van der Waals surface area contributed by atoms with Crippen LogP contribution in [0.2, 0.25) is 5.02 Å². The number of hydrogen-bond donors (Lipinski definition) is 0. The summed E-state index contributed by atoms with van der Waals surface area (Å²) in [5, 5.41) is 0.719. The van der Waals surface area contributed by atoms with Crippen molar-refractivity contribution in [1.82, 2.24) is 4.90 Å². The third kappa shape index (κ3) is 4.22. The van der Waals surface area contributed by atoms with E-state index in [4.69, 9.17) is 16.3 Å². The van der Waals surface area contributed by atoms with E-state index >= 15 is 0 Å². The molecule has 2 unspecified atom stereocenters. The van der Waals surface area contributed by atoms with E-state index in [-0.39, 0.29) is 18.1 Å². The molecule has 106 valence electrons. The van der Waals surface area contributed by atoms with Gasteiger partial charge in [-0.1, -0.05) is 30.7 Å². The molecule has 0 fully saturated rings. The number of rotatable bonds is 6. The standard InChI is InChI=1S/C15H22ClNO2/c1-5-14(15(18)19-6-2)17(4)11(3)12-7-9-13(16)10-8-12/h7-11,14H,5-6H2,1-4H3. The van der Waals surface area contributed by atoms with Gasteiger partial charge in [0.1, 0.15) is 6.04 Å². The Bertz CT molecular complexity index is 405. The van der Waals surface area contributed by atoms with Gasteiger partial charge in [-0.25, -0.2) is 0 Å². The monoisotopic (exact) mass is 283 g/mol. The van der Waals surface area contributed by atoms with Crippen molar-refractivity contribution in [3.8, 4) is 0 Å². The highest BCUT2D eigenvalue weighted by Gasteiger charge is 2.26. The molecular weight excluding hydrogens is 262 g/mol. The van der Waals surface area contributed by atoms with Crippen LogP contribution in [-0.4, -0.2) is 30.6 Å². The number of esters is 1. The van der Waals surface area contributed by atoms with Gasteiger partial charge in [0.2, 0.25) is 0 Å². The molecule has 1 rings (SSSR count). The number of ether oxygens (including phenoxy) is 1. The van der Waals surface area contributed by atoms with Crippen LogP contribution in [0.25, 0.3) is 0 Å². The SMILES string of the molecule is CCOC(=O)C(CC)N(C)C(C)c1ccc(Cl)cc1. The van der Waals surface area contributed by atoms with Crippen LogP contribution in [0.5, 0.6) is 0 Å². The highest BCUT2D eigenvalue weighted by molar-refractivity contribution is 6.30. The van der Waals surface area contributed by atoms with Crippen LogP contribution in [0.3, 0.4) is 0 Å². The number of likely N-dealkylation sites (N-methyl/N-ethyl adjacent to an activating group) is 1. The van der Waals surface area contributed by atoms with Crippen LogP contribution < -0.4 is 0 Å². The number of benzene rings is 1. The zero-order valence-corrected chi connectivity index (χ0v) is 12.8. The van der Waals surface area contributed by atoms with Crippen LogP contribution in [0.4, 0.5) is 0 Å². The van der Waals surface area contributed by atoms with Gasteiger partial charge < -0.3 is 4.74 Å². The molecule has 0 aliphatic carbocycles. The first-order valence-electron chi connectivity index (χ1n) is 6.65. The summed E-state index contributed by atoms with van der Waals surface area (Å²) in [7, 11) is 1.95. The summed E-state index contributed by atoms with van der Waals surface area (Å²) in [4.78, 5) is 14.0. The van der Waals surface area contributed by atoms with Crippen LogP contribution in [0.1, 0.15) is 38.8 Å². The predicted octanol–water partition coefficient (Wildman–Crippen LogP) is 3.67. The largest absolute Gasteiger partial charge is 0.465 e. The fourth-order valence-electron chi connectivity index (χ4n) is 2.11. The molecular formula is C15H22ClNO2. The number of hydrogen-bond acceptors (Lipinski definition) is 3. The average Bonchev–Trinajstić information content (AvgIpc) is 2.39. The molecule has 1 aromatic carbocycles. The van der Waals surface area contributed by atoms with Gasteiger partial charge in [0.05, 0.1) is 6.61 Å². The fourth-order valence-corrected chi connectivity index (χ4v) is 2.23. The molecule has 0 aromatic heterocycles. The van der Waals surface area contributed by atoms with Crippen LogP contribution >= 0.6 is 11.6 Å². The van der Waals surface area contributed by atoms with E-state index in [0.717, 1.165) is 17.0 Å². The number of carbonyl (C=O) groups is 1. The predicted molar refractivity (Wildman–Crippen MR) is 78.3 cm³/mol. The summed E-state index contributed by atoms with van der Waals surface area (Å²) in [5.41, 5.74) is 1.13. The van der Waals surface area contributed by atoms with Crippen molar-refractivity contribution in [3.05, 3.63) is 34.9 Å². The third-order valence-electron chi connectivity index (χ3n) is 3.40. The van der Waals surface area contributed by atoms with E-state index in [1.165, 1.54) is 0 Å². The van der Waals surface area contributed by atoms with Crippen molar-refractivity contribution < 1.29 is 9.53 Å². The van der Waals surface area contributed by atoms with Crippen molar-refractivity contribution >= 4 is 17.6 Å². The fraction of sp³-hybridized carbons (Fsp3) is 0.533. The maximum Gasteiger partial charge on any atom is 0.323 e.